The summed E-state index contributed by atoms with van der Waals surface area (Å²) in [4.78, 5) is 0. The molecule has 0 aliphatic rings. The summed E-state index contributed by atoms with van der Waals surface area (Å²) >= 11 is 0. The Balaban J connectivity index is 2.17. The van der Waals surface area contributed by atoms with Crippen molar-refractivity contribution < 1.29 is 13.9 Å². The predicted octanol–water partition coefficient (Wildman–Crippen LogP) is 5.31. The van der Waals surface area contributed by atoms with Gasteiger partial charge < -0.3 is 5.11 Å². The van der Waals surface area contributed by atoms with E-state index in [2.05, 4.69) is 0 Å². The fourth-order valence-electron chi connectivity index (χ4n) is 2.48. The van der Waals surface area contributed by atoms with E-state index < -0.39 is 0 Å². The van der Waals surface area contributed by atoms with Gasteiger partial charge in [-0.05, 0) is 60.0 Å². The molecule has 0 fully saturated rings. The molecule has 0 saturated carbocycles. The van der Waals surface area contributed by atoms with Crippen molar-refractivity contribution in [2.24, 2.45) is 0 Å². The van der Waals surface area contributed by atoms with E-state index in [-0.39, 0.29) is 17.4 Å². The van der Waals surface area contributed by atoms with Gasteiger partial charge in [0.15, 0.2) is 0 Å². The molecule has 1 nitrogen and oxygen atoms in total. The number of benzene rings is 3. The zero-order valence-corrected chi connectivity index (χ0v) is 12.0. The summed E-state index contributed by atoms with van der Waals surface area (Å²) < 4.78 is 26.1. The molecule has 0 aromatic heterocycles. The predicted molar refractivity (Wildman–Crippen MR) is 83.6 cm³/mol. The Hall–Kier alpha value is -2.68. The number of phenolic OH excluding ortho intramolecular Hbond substituents is 1. The topological polar surface area (TPSA) is 20.2 Å². The molecular formula is C19H14F2O. The molecule has 0 aliphatic carbocycles. The monoisotopic (exact) mass is 296 g/mol. The highest BCUT2D eigenvalue weighted by Crippen LogP contribution is 2.39. The number of hydrogen-bond donors (Lipinski definition) is 1. The number of rotatable bonds is 2. The van der Waals surface area contributed by atoms with Gasteiger partial charge in [-0.1, -0.05) is 24.3 Å². The highest BCUT2D eigenvalue weighted by molar-refractivity contribution is 5.82. The second-order valence-corrected chi connectivity index (χ2v) is 5.22. The molecule has 0 unspecified atom stereocenters. The molecule has 1 N–H and O–H groups in total. The number of aromatic hydroxyl groups is 1. The van der Waals surface area contributed by atoms with Crippen LogP contribution in [0.5, 0.6) is 5.75 Å². The lowest BCUT2D eigenvalue weighted by Gasteiger charge is -2.12. The molecule has 0 saturated heterocycles. The minimum Gasteiger partial charge on any atom is -0.507 e. The first-order valence-corrected chi connectivity index (χ1v) is 6.90. The van der Waals surface area contributed by atoms with Crippen LogP contribution in [0, 0.1) is 18.6 Å². The van der Waals surface area contributed by atoms with E-state index in [1.165, 1.54) is 24.3 Å². The van der Waals surface area contributed by atoms with Crippen LogP contribution in [0.4, 0.5) is 8.78 Å². The highest BCUT2D eigenvalue weighted by atomic mass is 19.1. The Labute approximate surface area is 127 Å². The van der Waals surface area contributed by atoms with E-state index in [4.69, 9.17) is 0 Å². The van der Waals surface area contributed by atoms with Crippen molar-refractivity contribution in [3.8, 4) is 28.0 Å². The largest absolute Gasteiger partial charge is 0.507 e. The minimum absolute atomic E-state index is 0.101. The lowest BCUT2D eigenvalue weighted by molar-refractivity contribution is 0.479. The van der Waals surface area contributed by atoms with Gasteiger partial charge in [0.25, 0.3) is 0 Å². The fourth-order valence-corrected chi connectivity index (χ4v) is 2.48. The maximum absolute atomic E-state index is 13.1. The summed E-state index contributed by atoms with van der Waals surface area (Å²) in [5.41, 5.74) is 3.66. The van der Waals surface area contributed by atoms with Crippen molar-refractivity contribution in [1.82, 2.24) is 0 Å². The maximum atomic E-state index is 13.1. The summed E-state index contributed by atoms with van der Waals surface area (Å²) in [6, 6.07) is 15.6. The third-order valence-corrected chi connectivity index (χ3v) is 3.56. The van der Waals surface area contributed by atoms with E-state index in [0.29, 0.717) is 11.1 Å². The first kappa shape index (κ1) is 14.3. The lowest BCUT2D eigenvalue weighted by atomic mass is 9.95. The second-order valence-electron chi connectivity index (χ2n) is 5.22. The SMILES string of the molecule is Cc1cc(-c2ccc(F)cc2)c(O)c(-c2ccc(F)cc2)c1. The van der Waals surface area contributed by atoms with Crippen LogP contribution in [0.1, 0.15) is 5.56 Å². The molecule has 3 aromatic carbocycles. The van der Waals surface area contributed by atoms with Crippen LogP contribution in [0.25, 0.3) is 22.3 Å². The summed E-state index contributed by atoms with van der Waals surface area (Å²) in [6.07, 6.45) is 0. The molecule has 3 aromatic rings. The molecule has 3 rings (SSSR count). The summed E-state index contributed by atoms with van der Waals surface area (Å²) in [7, 11) is 0. The highest BCUT2D eigenvalue weighted by Gasteiger charge is 2.12. The third kappa shape index (κ3) is 2.70. The molecule has 0 radical (unpaired) electrons. The van der Waals surface area contributed by atoms with Gasteiger partial charge in [0.2, 0.25) is 0 Å². The van der Waals surface area contributed by atoms with Crippen molar-refractivity contribution >= 4 is 0 Å². The Morgan fingerprint density at radius 2 is 1.05 bits per heavy atom. The van der Waals surface area contributed by atoms with Gasteiger partial charge in [0.1, 0.15) is 17.4 Å². The van der Waals surface area contributed by atoms with E-state index in [1.807, 2.05) is 19.1 Å². The van der Waals surface area contributed by atoms with Crippen molar-refractivity contribution in [3.05, 3.63) is 77.9 Å². The summed E-state index contributed by atoms with van der Waals surface area (Å²) in [5.74, 6) is -0.548. The molecule has 0 spiro atoms. The van der Waals surface area contributed by atoms with Crippen molar-refractivity contribution in [3.63, 3.8) is 0 Å². The van der Waals surface area contributed by atoms with Crippen LogP contribution in [-0.4, -0.2) is 5.11 Å². The van der Waals surface area contributed by atoms with Gasteiger partial charge in [0, 0.05) is 11.1 Å². The number of aryl methyl sites for hydroxylation is 1. The van der Waals surface area contributed by atoms with E-state index >= 15 is 0 Å². The molecule has 110 valence electrons. The molecule has 0 heterocycles. The summed E-state index contributed by atoms with van der Waals surface area (Å²) in [6.45, 7) is 1.92. The normalized spacial score (nSPS) is 10.7. The van der Waals surface area contributed by atoms with Crippen LogP contribution in [0.2, 0.25) is 0 Å². The molecule has 22 heavy (non-hydrogen) atoms. The average Bonchev–Trinajstić information content (AvgIpc) is 2.51. The Morgan fingerprint density at radius 3 is 1.41 bits per heavy atom. The second kappa shape index (κ2) is 5.60. The molecule has 0 bridgehead atoms. The molecule has 0 aliphatic heterocycles. The van der Waals surface area contributed by atoms with Crippen molar-refractivity contribution in [1.29, 1.82) is 0 Å². The third-order valence-electron chi connectivity index (χ3n) is 3.56. The Bertz CT molecular complexity index is 739. The van der Waals surface area contributed by atoms with Crippen LogP contribution < -0.4 is 0 Å². The van der Waals surface area contributed by atoms with Gasteiger partial charge in [-0.2, -0.15) is 0 Å². The lowest BCUT2D eigenvalue weighted by Crippen LogP contribution is -1.87. The number of phenols is 1. The molecule has 3 heteroatoms. The Kier molecular flexibility index (Phi) is 3.63. The van der Waals surface area contributed by atoms with Crippen molar-refractivity contribution in [2.45, 2.75) is 6.92 Å². The van der Waals surface area contributed by atoms with E-state index in [9.17, 15) is 13.9 Å². The molecule has 0 amide bonds. The van der Waals surface area contributed by atoms with Crippen LogP contribution >= 0.6 is 0 Å². The first-order chi connectivity index (χ1) is 10.5. The zero-order valence-electron chi connectivity index (χ0n) is 12.0. The maximum Gasteiger partial charge on any atom is 0.131 e. The van der Waals surface area contributed by atoms with Gasteiger partial charge in [-0.3, -0.25) is 0 Å². The quantitative estimate of drug-likeness (QED) is 0.679. The minimum atomic E-state index is -0.324. The van der Waals surface area contributed by atoms with Gasteiger partial charge in [-0.25, -0.2) is 8.78 Å². The average molecular weight is 296 g/mol. The molecular weight excluding hydrogens is 282 g/mol. The van der Waals surface area contributed by atoms with Gasteiger partial charge in [-0.15, -0.1) is 0 Å². The fraction of sp³-hybridized carbons (Fsp3) is 0.0526. The molecule has 0 atom stereocenters. The first-order valence-electron chi connectivity index (χ1n) is 6.90. The smallest absolute Gasteiger partial charge is 0.131 e. The van der Waals surface area contributed by atoms with Crippen LogP contribution in [0.3, 0.4) is 0 Å². The van der Waals surface area contributed by atoms with Crippen LogP contribution in [0.15, 0.2) is 60.7 Å². The van der Waals surface area contributed by atoms with Crippen LogP contribution in [-0.2, 0) is 0 Å². The summed E-state index contributed by atoms with van der Waals surface area (Å²) in [5, 5.41) is 10.6. The number of hydrogen-bond acceptors (Lipinski definition) is 1. The standard InChI is InChI=1S/C19H14F2O/c1-12-10-17(13-2-6-15(20)7-3-13)19(22)18(11-12)14-4-8-16(21)9-5-14/h2-11,22H,1H3. The van der Waals surface area contributed by atoms with Crippen molar-refractivity contribution in [2.75, 3.05) is 0 Å². The van der Waals surface area contributed by atoms with E-state index in [1.54, 1.807) is 24.3 Å². The van der Waals surface area contributed by atoms with Gasteiger partial charge in [0.05, 0.1) is 0 Å². The van der Waals surface area contributed by atoms with Gasteiger partial charge >= 0.3 is 0 Å². The Morgan fingerprint density at radius 1 is 0.682 bits per heavy atom. The van der Waals surface area contributed by atoms with E-state index in [0.717, 1.165) is 16.7 Å². The zero-order chi connectivity index (χ0) is 15.7. The number of halogens is 2.